The third-order valence-corrected chi connectivity index (χ3v) is 3.38. The Balaban J connectivity index is 1.73. The van der Waals surface area contributed by atoms with Crippen LogP contribution >= 0.6 is 0 Å². The van der Waals surface area contributed by atoms with Gasteiger partial charge in [-0.05, 0) is 30.3 Å². The van der Waals surface area contributed by atoms with Crippen LogP contribution in [0.15, 0.2) is 60.9 Å². The normalized spacial score (nSPS) is 10.3. The number of carbonyl (C=O) groups excluding carboxylic acids is 1. The number of benzene rings is 1. The number of pyridine rings is 1. The molecule has 0 unspecified atom stereocenters. The molecule has 2 aromatic heterocycles. The lowest BCUT2D eigenvalue weighted by molar-refractivity contribution is 0.0963. The van der Waals surface area contributed by atoms with Gasteiger partial charge in [-0.25, -0.2) is 9.67 Å². The maximum atomic E-state index is 11.8. The highest BCUT2D eigenvalue weighted by Crippen LogP contribution is 2.13. The highest BCUT2D eigenvalue weighted by molar-refractivity contribution is 5.98. The van der Waals surface area contributed by atoms with Crippen LogP contribution < -0.4 is 10.6 Å². The third kappa shape index (κ3) is 3.37. The van der Waals surface area contributed by atoms with Crippen LogP contribution in [-0.2, 0) is 6.54 Å². The molecule has 1 amide bonds. The van der Waals surface area contributed by atoms with Gasteiger partial charge in [-0.2, -0.15) is 5.10 Å². The molecular weight excluding hydrogens is 290 g/mol. The van der Waals surface area contributed by atoms with E-state index in [4.69, 9.17) is 0 Å². The highest BCUT2D eigenvalue weighted by Gasteiger charge is 2.10. The van der Waals surface area contributed by atoms with Gasteiger partial charge in [0.2, 0.25) is 0 Å². The van der Waals surface area contributed by atoms with Gasteiger partial charge in [0.05, 0.1) is 23.5 Å². The summed E-state index contributed by atoms with van der Waals surface area (Å²) in [5.74, 6) is 0.372. The molecular formula is C17H17N5O. The summed E-state index contributed by atoms with van der Waals surface area (Å²) in [7, 11) is 1.60. The van der Waals surface area contributed by atoms with Crippen molar-refractivity contribution >= 4 is 11.7 Å². The van der Waals surface area contributed by atoms with Crippen molar-refractivity contribution in [2.24, 2.45) is 0 Å². The van der Waals surface area contributed by atoms with Crippen LogP contribution in [0.2, 0.25) is 0 Å². The smallest absolute Gasteiger partial charge is 0.254 e. The summed E-state index contributed by atoms with van der Waals surface area (Å²) in [4.78, 5) is 16.0. The minimum absolute atomic E-state index is 0.171. The Morgan fingerprint density at radius 2 is 1.96 bits per heavy atom. The number of anilines is 1. The van der Waals surface area contributed by atoms with E-state index >= 15 is 0 Å². The Morgan fingerprint density at radius 1 is 1.13 bits per heavy atom. The lowest BCUT2D eigenvalue weighted by Crippen LogP contribution is -2.20. The molecule has 0 atom stereocenters. The molecule has 1 aromatic carbocycles. The monoisotopic (exact) mass is 307 g/mol. The topological polar surface area (TPSA) is 71.8 Å². The average molecular weight is 307 g/mol. The fourth-order valence-corrected chi connectivity index (χ4v) is 2.22. The van der Waals surface area contributed by atoms with Gasteiger partial charge in [-0.3, -0.25) is 4.79 Å². The Bertz CT molecular complexity index is 798. The molecule has 116 valence electrons. The zero-order valence-corrected chi connectivity index (χ0v) is 12.7. The molecule has 0 aliphatic rings. The van der Waals surface area contributed by atoms with Crippen LogP contribution in [-0.4, -0.2) is 27.7 Å². The molecule has 23 heavy (non-hydrogen) atoms. The fraction of sp³-hybridized carbons (Fsp3) is 0.118. The molecule has 0 aliphatic carbocycles. The first-order valence-corrected chi connectivity index (χ1v) is 7.29. The van der Waals surface area contributed by atoms with Crippen LogP contribution in [0.1, 0.15) is 16.1 Å². The number of rotatable bonds is 5. The number of carbonyl (C=O) groups is 1. The van der Waals surface area contributed by atoms with E-state index in [1.807, 2.05) is 47.3 Å². The molecule has 0 radical (unpaired) electrons. The highest BCUT2D eigenvalue weighted by atomic mass is 16.1. The Labute approximate surface area is 134 Å². The lowest BCUT2D eigenvalue weighted by Gasteiger charge is -2.08. The summed E-state index contributed by atoms with van der Waals surface area (Å²) in [6, 6.07) is 15.3. The molecule has 3 rings (SSSR count). The minimum atomic E-state index is -0.171. The van der Waals surface area contributed by atoms with E-state index < -0.39 is 0 Å². The van der Waals surface area contributed by atoms with Crippen molar-refractivity contribution in [1.29, 1.82) is 0 Å². The Hall–Kier alpha value is -3.15. The number of nitrogens with one attached hydrogen (secondary N) is 2. The van der Waals surface area contributed by atoms with E-state index in [-0.39, 0.29) is 5.91 Å². The van der Waals surface area contributed by atoms with Crippen LogP contribution in [0, 0.1) is 0 Å². The number of para-hydroxylation sites is 1. The van der Waals surface area contributed by atoms with E-state index in [0.29, 0.717) is 17.9 Å². The first kappa shape index (κ1) is 14.8. The van der Waals surface area contributed by atoms with E-state index in [1.165, 1.54) is 0 Å². The summed E-state index contributed by atoms with van der Waals surface area (Å²) < 4.78 is 1.81. The zero-order chi connectivity index (χ0) is 16.1. The van der Waals surface area contributed by atoms with Crippen LogP contribution in [0.3, 0.4) is 0 Å². The van der Waals surface area contributed by atoms with Gasteiger partial charge in [0, 0.05) is 19.4 Å². The maximum absolute atomic E-state index is 11.8. The first-order valence-electron chi connectivity index (χ1n) is 7.29. The summed E-state index contributed by atoms with van der Waals surface area (Å²) in [5, 5.41) is 10.3. The number of amides is 1. The molecule has 0 fully saturated rings. The van der Waals surface area contributed by atoms with Crippen LogP contribution in [0.25, 0.3) is 5.69 Å². The Morgan fingerprint density at radius 3 is 2.74 bits per heavy atom. The first-order chi connectivity index (χ1) is 11.3. The van der Waals surface area contributed by atoms with Crippen molar-refractivity contribution < 1.29 is 4.79 Å². The molecule has 0 bridgehead atoms. The zero-order valence-electron chi connectivity index (χ0n) is 12.7. The van der Waals surface area contributed by atoms with Crippen LogP contribution in [0.5, 0.6) is 0 Å². The second-order valence-corrected chi connectivity index (χ2v) is 4.92. The largest absolute Gasteiger partial charge is 0.364 e. The number of nitrogens with zero attached hydrogens (tertiary/aromatic N) is 3. The second-order valence-electron chi connectivity index (χ2n) is 4.92. The van der Waals surface area contributed by atoms with E-state index in [1.54, 1.807) is 25.4 Å². The van der Waals surface area contributed by atoms with Gasteiger partial charge in [0.25, 0.3) is 5.91 Å². The molecule has 0 aliphatic heterocycles. The van der Waals surface area contributed by atoms with Crippen molar-refractivity contribution in [2.75, 3.05) is 12.4 Å². The number of hydrogen-bond donors (Lipinski definition) is 2. The van der Waals surface area contributed by atoms with Gasteiger partial charge in [-0.15, -0.1) is 0 Å². The van der Waals surface area contributed by atoms with E-state index in [9.17, 15) is 4.79 Å². The van der Waals surface area contributed by atoms with Gasteiger partial charge in [0.1, 0.15) is 5.82 Å². The van der Waals surface area contributed by atoms with Crippen molar-refractivity contribution in [2.45, 2.75) is 6.54 Å². The quantitative estimate of drug-likeness (QED) is 0.758. The molecule has 0 spiro atoms. The van der Waals surface area contributed by atoms with Crippen molar-refractivity contribution in [3.05, 3.63) is 72.2 Å². The van der Waals surface area contributed by atoms with Crippen molar-refractivity contribution in [3.63, 3.8) is 0 Å². The fourth-order valence-electron chi connectivity index (χ4n) is 2.22. The van der Waals surface area contributed by atoms with Crippen molar-refractivity contribution in [3.8, 4) is 5.69 Å². The van der Waals surface area contributed by atoms with Gasteiger partial charge < -0.3 is 10.6 Å². The number of aromatic nitrogens is 3. The predicted octanol–water partition coefficient (Wildman–Crippen LogP) is 2.24. The van der Waals surface area contributed by atoms with Gasteiger partial charge >= 0.3 is 0 Å². The van der Waals surface area contributed by atoms with Crippen LogP contribution in [0.4, 0.5) is 5.82 Å². The molecule has 0 saturated carbocycles. The third-order valence-electron chi connectivity index (χ3n) is 3.38. The second kappa shape index (κ2) is 6.74. The number of hydrogen-bond acceptors (Lipinski definition) is 4. The minimum Gasteiger partial charge on any atom is -0.364 e. The lowest BCUT2D eigenvalue weighted by atomic mass is 10.2. The molecule has 3 aromatic rings. The molecule has 2 N–H and O–H groups in total. The summed E-state index contributed by atoms with van der Waals surface area (Å²) >= 11 is 0. The molecule has 2 heterocycles. The molecule has 6 heteroatoms. The maximum Gasteiger partial charge on any atom is 0.254 e. The summed E-state index contributed by atoms with van der Waals surface area (Å²) in [6.07, 6.45) is 3.56. The van der Waals surface area contributed by atoms with E-state index in [0.717, 1.165) is 11.4 Å². The van der Waals surface area contributed by atoms with Gasteiger partial charge in [-0.1, -0.05) is 18.2 Å². The predicted molar refractivity (Wildman–Crippen MR) is 88.5 cm³/mol. The van der Waals surface area contributed by atoms with Crippen molar-refractivity contribution in [1.82, 2.24) is 20.1 Å². The SMILES string of the molecule is CNC(=O)c1cccnc1NCc1ccn(-c2ccccc2)n1. The molecule has 6 nitrogen and oxygen atoms in total. The van der Waals surface area contributed by atoms with Gasteiger partial charge in [0.15, 0.2) is 0 Å². The standard InChI is InChI=1S/C17H17N5O/c1-18-17(23)15-8-5-10-19-16(15)20-12-13-9-11-22(21-13)14-6-3-2-4-7-14/h2-11H,12H2,1H3,(H,18,23)(H,19,20). The molecule has 0 saturated heterocycles. The average Bonchev–Trinajstić information content (AvgIpc) is 3.09. The summed E-state index contributed by atoms with van der Waals surface area (Å²) in [6.45, 7) is 0.487. The Kier molecular flexibility index (Phi) is 4.33. The van der Waals surface area contributed by atoms with E-state index in [2.05, 4.69) is 20.7 Å². The summed E-state index contributed by atoms with van der Waals surface area (Å²) in [5.41, 5.74) is 2.38.